The number of nitrogens with zero attached hydrogens (tertiary/aromatic N) is 2. The van der Waals surface area contributed by atoms with Crippen LogP contribution in [0.2, 0.25) is 0 Å². The molecule has 1 aromatic heterocycles. The number of hydrogen-bond donors (Lipinski definition) is 2. The summed E-state index contributed by atoms with van der Waals surface area (Å²) in [4.78, 5) is 18.6. The van der Waals surface area contributed by atoms with Crippen LogP contribution in [0, 0.1) is 12.8 Å². The molecule has 2 unspecified atom stereocenters. The largest absolute Gasteiger partial charge is 0.330 e. The van der Waals surface area contributed by atoms with E-state index in [1.165, 1.54) is 24.2 Å². The molecule has 1 saturated carbocycles. The lowest BCUT2D eigenvalue weighted by molar-refractivity contribution is -0.118. The van der Waals surface area contributed by atoms with Crippen LogP contribution in [0.25, 0.3) is 0 Å². The quantitative estimate of drug-likeness (QED) is 0.840. The van der Waals surface area contributed by atoms with Crippen molar-refractivity contribution in [3.05, 3.63) is 11.1 Å². The van der Waals surface area contributed by atoms with Crippen LogP contribution in [0.3, 0.4) is 0 Å². The average Bonchev–Trinajstić information content (AvgIpc) is 3.04. The van der Waals surface area contributed by atoms with Crippen molar-refractivity contribution >= 4 is 22.4 Å². The smallest absolute Gasteiger partial charge is 0.240 e. The zero-order valence-electron chi connectivity index (χ0n) is 12.3. The summed E-state index contributed by atoms with van der Waals surface area (Å²) in [6.45, 7) is 6.05. The first-order valence-electron chi connectivity index (χ1n) is 7.30. The molecule has 0 radical (unpaired) electrons. The lowest BCUT2D eigenvalue weighted by atomic mass is 10.0. The van der Waals surface area contributed by atoms with E-state index in [2.05, 4.69) is 22.1 Å². The summed E-state index contributed by atoms with van der Waals surface area (Å²) in [5.41, 5.74) is 6.78. The first-order valence-corrected chi connectivity index (χ1v) is 8.18. The van der Waals surface area contributed by atoms with Crippen molar-refractivity contribution < 1.29 is 4.79 Å². The molecule has 1 aromatic rings. The second-order valence-electron chi connectivity index (χ2n) is 5.40. The number of hydrogen-bond acceptors (Lipinski definition) is 5. The Balaban J connectivity index is 1.90. The molecule has 6 heteroatoms. The van der Waals surface area contributed by atoms with E-state index in [0.717, 1.165) is 18.7 Å². The predicted molar refractivity (Wildman–Crippen MR) is 82.9 cm³/mol. The van der Waals surface area contributed by atoms with Gasteiger partial charge >= 0.3 is 0 Å². The van der Waals surface area contributed by atoms with Crippen molar-refractivity contribution in [1.29, 1.82) is 0 Å². The molecular formula is C14H24N4OS. The fraction of sp³-hybridized carbons (Fsp3) is 0.714. The second-order valence-corrected chi connectivity index (χ2v) is 6.26. The van der Waals surface area contributed by atoms with E-state index in [0.29, 0.717) is 30.2 Å². The summed E-state index contributed by atoms with van der Waals surface area (Å²) in [6, 6.07) is 0.453. The van der Waals surface area contributed by atoms with Crippen molar-refractivity contribution in [1.82, 2.24) is 9.88 Å². The van der Waals surface area contributed by atoms with E-state index < -0.39 is 0 Å². The highest BCUT2D eigenvalue weighted by molar-refractivity contribution is 7.13. The Morgan fingerprint density at radius 1 is 1.60 bits per heavy atom. The minimum absolute atomic E-state index is 0.0175. The van der Waals surface area contributed by atoms with E-state index in [9.17, 15) is 4.79 Å². The summed E-state index contributed by atoms with van der Waals surface area (Å²) in [7, 11) is 0. The van der Waals surface area contributed by atoms with Gasteiger partial charge in [-0.1, -0.05) is 13.3 Å². The van der Waals surface area contributed by atoms with Gasteiger partial charge in [0, 0.05) is 11.4 Å². The average molecular weight is 296 g/mol. The SMILES string of the molecule is CCN(CC(=O)Nc1nc(C)cs1)C1CCCC1CN. The maximum absolute atomic E-state index is 12.1. The number of carbonyl (C=O) groups is 1. The minimum atomic E-state index is 0.0175. The molecule has 2 rings (SSSR count). The highest BCUT2D eigenvalue weighted by Crippen LogP contribution is 2.29. The van der Waals surface area contributed by atoms with E-state index in [1.807, 2.05) is 12.3 Å². The Kier molecular flexibility index (Phi) is 5.51. The number of carbonyl (C=O) groups excluding carboxylic acids is 1. The lowest BCUT2D eigenvalue weighted by Crippen LogP contribution is -2.44. The third kappa shape index (κ3) is 3.77. The Bertz CT molecular complexity index is 448. The van der Waals surface area contributed by atoms with Gasteiger partial charge in [-0.2, -0.15) is 0 Å². The van der Waals surface area contributed by atoms with Gasteiger partial charge in [-0.05, 0) is 38.8 Å². The molecule has 1 aliphatic carbocycles. The molecule has 112 valence electrons. The molecule has 0 spiro atoms. The molecule has 5 nitrogen and oxygen atoms in total. The monoisotopic (exact) mass is 296 g/mol. The number of aromatic nitrogens is 1. The van der Waals surface area contributed by atoms with Gasteiger partial charge < -0.3 is 11.1 Å². The van der Waals surface area contributed by atoms with Crippen LogP contribution >= 0.6 is 11.3 Å². The first kappa shape index (κ1) is 15.4. The third-order valence-corrected chi connectivity index (χ3v) is 4.88. The maximum Gasteiger partial charge on any atom is 0.240 e. The van der Waals surface area contributed by atoms with Crippen molar-refractivity contribution in [2.24, 2.45) is 11.7 Å². The highest BCUT2D eigenvalue weighted by Gasteiger charge is 2.31. The Labute approximate surface area is 124 Å². The normalized spacial score (nSPS) is 22.4. The fourth-order valence-corrected chi connectivity index (χ4v) is 3.70. The summed E-state index contributed by atoms with van der Waals surface area (Å²) in [5.74, 6) is 0.550. The van der Waals surface area contributed by atoms with Crippen LogP contribution in [0.4, 0.5) is 5.13 Å². The van der Waals surface area contributed by atoms with Gasteiger partial charge in [0.2, 0.25) is 5.91 Å². The summed E-state index contributed by atoms with van der Waals surface area (Å²) >= 11 is 1.47. The van der Waals surface area contributed by atoms with Crippen LogP contribution in [-0.2, 0) is 4.79 Å². The molecule has 0 aromatic carbocycles. The molecule has 1 amide bonds. The maximum atomic E-state index is 12.1. The number of anilines is 1. The standard InChI is InChI=1S/C14H24N4OS/c1-3-18(12-6-4-5-11(12)7-15)8-13(19)17-14-16-10(2)9-20-14/h9,11-12H,3-8,15H2,1-2H3,(H,16,17,19). The molecule has 1 aliphatic rings. The van der Waals surface area contributed by atoms with Crippen LogP contribution in [-0.4, -0.2) is 41.5 Å². The topological polar surface area (TPSA) is 71.2 Å². The van der Waals surface area contributed by atoms with Crippen LogP contribution < -0.4 is 11.1 Å². The van der Waals surface area contributed by atoms with Gasteiger partial charge in [0.25, 0.3) is 0 Å². The molecular weight excluding hydrogens is 272 g/mol. The molecule has 2 atom stereocenters. The molecule has 0 aliphatic heterocycles. The molecule has 20 heavy (non-hydrogen) atoms. The van der Waals surface area contributed by atoms with Crippen molar-refractivity contribution in [2.75, 3.05) is 25.0 Å². The molecule has 0 bridgehead atoms. The third-order valence-electron chi connectivity index (χ3n) is 4.01. The second kappa shape index (κ2) is 7.15. The summed E-state index contributed by atoms with van der Waals surface area (Å²) in [5, 5.41) is 5.50. The van der Waals surface area contributed by atoms with Crippen LogP contribution in [0.15, 0.2) is 5.38 Å². The minimum Gasteiger partial charge on any atom is -0.330 e. The Hall–Kier alpha value is -0.980. The highest BCUT2D eigenvalue weighted by atomic mass is 32.1. The fourth-order valence-electron chi connectivity index (χ4n) is 2.99. The molecule has 0 saturated heterocycles. The number of nitrogens with one attached hydrogen (secondary N) is 1. The number of aryl methyl sites for hydroxylation is 1. The number of amides is 1. The van der Waals surface area contributed by atoms with Crippen LogP contribution in [0.1, 0.15) is 31.9 Å². The van der Waals surface area contributed by atoms with Crippen LogP contribution in [0.5, 0.6) is 0 Å². The zero-order chi connectivity index (χ0) is 14.5. The van der Waals surface area contributed by atoms with Gasteiger partial charge in [-0.15, -0.1) is 11.3 Å². The van der Waals surface area contributed by atoms with E-state index >= 15 is 0 Å². The lowest BCUT2D eigenvalue weighted by Gasteiger charge is -2.31. The zero-order valence-corrected chi connectivity index (χ0v) is 13.1. The summed E-state index contributed by atoms with van der Waals surface area (Å²) < 4.78 is 0. The number of nitrogens with two attached hydrogens (primary N) is 1. The molecule has 3 N–H and O–H groups in total. The number of rotatable bonds is 6. The first-order chi connectivity index (χ1) is 9.63. The van der Waals surface area contributed by atoms with Gasteiger partial charge in [-0.25, -0.2) is 4.98 Å². The van der Waals surface area contributed by atoms with Gasteiger partial charge in [-0.3, -0.25) is 9.69 Å². The van der Waals surface area contributed by atoms with E-state index in [1.54, 1.807) is 0 Å². The Morgan fingerprint density at radius 3 is 3.00 bits per heavy atom. The predicted octanol–water partition coefficient (Wildman–Crippen LogP) is 1.84. The van der Waals surface area contributed by atoms with Gasteiger partial charge in [0.1, 0.15) is 0 Å². The van der Waals surface area contributed by atoms with Gasteiger partial charge in [0.05, 0.1) is 12.2 Å². The summed E-state index contributed by atoms with van der Waals surface area (Å²) in [6.07, 6.45) is 3.56. The number of likely N-dealkylation sites (N-methyl/N-ethyl adjacent to an activating group) is 1. The van der Waals surface area contributed by atoms with Crippen molar-refractivity contribution in [3.8, 4) is 0 Å². The molecule has 1 heterocycles. The van der Waals surface area contributed by atoms with E-state index in [-0.39, 0.29) is 5.91 Å². The van der Waals surface area contributed by atoms with Gasteiger partial charge in [0.15, 0.2) is 5.13 Å². The number of thiazole rings is 1. The van der Waals surface area contributed by atoms with Crippen molar-refractivity contribution in [2.45, 2.75) is 39.2 Å². The van der Waals surface area contributed by atoms with E-state index in [4.69, 9.17) is 5.73 Å². The van der Waals surface area contributed by atoms with Crippen molar-refractivity contribution in [3.63, 3.8) is 0 Å². The Morgan fingerprint density at radius 2 is 2.40 bits per heavy atom. The molecule has 1 fully saturated rings.